The Bertz CT molecular complexity index is 400. The van der Waals surface area contributed by atoms with E-state index in [0.717, 1.165) is 32.4 Å². The van der Waals surface area contributed by atoms with E-state index in [4.69, 9.17) is 11.6 Å². The van der Waals surface area contributed by atoms with Gasteiger partial charge in [0.25, 0.3) is 0 Å². The minimum atomic E-state index is -4.49. The Labute approximate surface area is 102 Å². The third kappa shape index (κ3) is 2.83. The smallest absolute Gasteiger partial charge is 0.370 e. The second-order valence-corrected chi connectivity index (χ2v) is 4.48. The van der Waals surface area contributed by atoms with Crippen molar-refractivity contribution in [1.82, 2.24) is 4.98 Å². The molecule has 1 aromatic heterocycles. The Morgan fingerprint density at radius 2 is 1.82 bits per heavy atom. The van der Waals surface area contributed by atoms with E-state index in [1.54, 1.807) is 0 Å². The highest BCUT2D eigenvalue weighted by atomic mass is 35.5. The van der Waals surface area contributed by atoms with Gasteiger partial charge in [0, 0.05) is 13.1 Å². The molecule has 0 atom stereocenters. The molecule has 1 aliphatic heterocycles. The topological polar surface area (TPSA) is 16.1 Å². The van der Waals surface area contributed by atoms with Gasteiger partial charge in [-0.3, -0.25) is 0 Å². The second kappa shape index (κ2) is 4.72. The summed E-state index contributed by atoms with van der Waals surface area (Å²) >= 11 is 5.62. The highest BCUT2D eigenvalue weighted by Crippen LogP contribution is 2.34. The number of nitrogens with zero attached hydrogens (tertiary/aromatic N) is 2. The molecule has 2 nitrogen and oxygen atoms in total. The van der Waals surface area contributed by atoms with E-state index >= 15 is 0 Å². The quantitative estimate of drug-likeness (QED) is 0.768. The number of hydrogen-bond acceptors (Lipinski definition) is 2. The first-order chi connectivity index (χ1) is 7.98. The van der Waals surface area contributed by atoms with Crippen molar-refractivity contribution in [1.29, 1.82) is 0 Å². The van der Waals surface area contributed by atoms with E-state index in [1.165, 1.54) is 12.3 Å². The second-order valence-electron chi connectivity index (χ2n) is 4.07. The van der Waals surface area contributed by atoms with E-state index in [0.29, 0.717) is 5.69 Å². The van der Waals surface area contributed by atoms with E-state index in [1.807, 2.05) is 4.90 Å². The van der Waals surface area contributed by atoms with Gasteiger partial charge in [0.1, 0.15) is 0 Å². The van der Waals surface area contributed by atoms with Gasteiger partial charge in [-0.25, -0.2) is 4.98 Å². The third-order valence-corrected chi connectivity index (χ3v) is 3.10. The van der Waals surface area contributed by atoms with Gasteiger partial charge in [0.15, 0.2) is 5.69 Å². The fourth-order valence-corrected chi connectivity index (χ4v) is 2.23. The van der Waals surface area contributed by atoms with Crippen LogP contribution in [0.25, 0.3) is 0 Å². The lowest BCUT2D eigenvalue weighted by atomic mass is 10.1. The number of halogens is 4. The maximum Gasteiger partial charge on any atom is 0.434 e. The van der Waals surface area contributed by atoms with Crippen LogP contribution in [-0.4, -0.2) is 18.1 Å². The molecular weight excluding hydrogens is 253 g/mol. The van der Waals surface area contributed by atoms with Crippen LogP contribution in [0.1, 0.15) is 25.0 Å². The third-order valence-electron chi connectivity index (χ3n) is 2.82. The van der Waals surface area contributed by atoms with Crippen molar-refractivity contribution >= 4 is 17.3 Å². The van der Waals surface area contributed by atoms with Crippen LogP contribution in [0.2, 0.25) is 5.02 Å². The van der Waals surface area contributed by atoms with Crippen LogP contribution in [0.4, 0.5) is 18.9 Å². The predicted molar refractivity (Wildman–Crippen MR) is 60.3 cm³/mol. The number of anilines is 1. The van der Waals surface area contributed by atoms with Crippen molar-refractivity contribution in [2.45, 2.75) is 25.4 Å². The Balaban J connectivity index is 2.24. The molecule has 17 heavy (non-hydrogen) atoms. The first-order valence-electron chi connectivity index (χ1n) is 5.46. The molecule has 0 spiro atoms. The van der Waals surface area contributed by atoms with Gasteiger partial charge in [-0.2, -0.15) is 13.2 Å². The van der Waals surface area contributed by atoms with Crippen LogP contribution >= 0.6 is 11.6 Å². The molecule has 94 valence electrons. The number of piperidine rings is 1. The first kappa shape index (κ1) is 12.5. The van der Waals surface area contributed by atoms with E-state index in [2.05, 4.69) is 4.98 Å². The molecule has 1 aromatic rings. The van der Waals surface area contributed by atoms with Gasteiger partial charge < -0.3 is 4.90 Å². The van der Waals surface area contributed by atoms with Crippen molar-refractivity contribution in [2.24, 2.45) is 0 Å². The molecule has 2 rings (SSSR count). The minimum Gasteiger partial charge on any atom is -0.370 e. The number of aromatic nitrogens is 1. The molecule has 2 heterocycles. The van der Waals surface area contributed by atoms with Crippen LogP contribution in [-0.2, 0) is 6.18 Å². The van der Waals surface area contributed by atoms with Crippen molar-refractivity contribution in [3.63, 3.8) is 0 Å². The zero-order valence-corrected chi connectivity index (χ0v) is 9.85. The van der Waals surface area contributed by atoms with Crippen LogP contribution < -0.4 is 4.90 Å². The molecule has 6 heteroatoms. The molecule has 0 radical (unpaired) electrons. The largest absolute Gasteiger partial charge is 0.434 e. The van der Waals surface area contributed by atoms with Gasteiger partial charge in [0.05, 0.1) is 16.9 Å². The Morgan fingerprint density at radius 3 is 2.35 bits per heavy atom. The SMILES string of the molecule is FC(F)(F)c1ncc(N2CCCCC2)cc1Cl. The van der Waals surface area contributed by atoms with E-state index in [9.17, 15) is 13.2 Å². The van der Waals surface area contributed by atoms with Gasteiger partial charge >= 0.3 is 6.18 Å². The first-order valence-corrected chi connectivity index (χ1v) is 5.84. The van der Waals surface area contributed by atoms with Crippen LogP contribution in [0, 0.1) is 0 Å². The summed E-state index contributed by atoms with van der Waals surface area (Å²) in [4.78, 5) is 5.44. The molecule has 0 aliphatic carbocycles. The average Bonchev–Trinajstić information content (AvgIpc) is 2.28. The summed E-state index contributed by atoms with van der Waals surface area (Å²) in [5.41, 5.74) is -0.345. The summed E-state index contributed by atoms with van der Waals surface area (Å²) in [6, 6.07) is 1.35. The molecule has 1 aliphatic rings. The predicted octanol–water partition coefficient (Wildman–Crippen LogP) is 3.74. The molecule has 0 amide bonds. The molecule has 0 unspecified atom stereocenters. The highest BCUT2D eigenvalue weighted by Gasteiger charge is 2.35. The van der Waals surface area contributed by atoms with E-state index < -0.39 is 11.9 Å². The molecule has 0 saturated carbocycles. The zero-order chi connectivity index (χ0) is 12.5. The number of hydrogen-bond donors (Lipinski definition) is 0. The number of rotatable bonds is 1. The van der Waals surface area contributed by atoms with Crippen LogP contribution in [0.5, 0.6) is 0 Å². The molecule has 1 saturated heterocycles. The lowest BCUT2D eigenvalue weighted by Crippen LogP contribution is -2.29. The van der Waals surface area contributed by atoms with Crippen LogP contribution in [0.3, 0.4) is 0 Å². The van der Waals surface area contributed by atoms with Crippen molar-refractivity contribution in [2.75, 3.05) is 18.0 Å². The minimum absolute atomic E-state index is 0.333. The van der Waals surface area contributed by atoms with Gasteiger partial charge in [0.2, 0.25) is 0 Å². The van der Waals surface area contributed by atoms with Crippen molar-refractivity contribution in [3.05, 3.63) is 23.0 Å². The molecular formula is C11H12ClF3N2. The average molecular weight is 265 g/mol. The Kier molecular flexibility index (Phi) is 3.47. The van der Waals surface area contributed by atoms with Gasteiger partial charge in [-0.15, -0.1) is 0 Å². The summed E-state index contributed by atoms with van der Waals surface area (Å²) in [7, 11) is 0. The normalized spacial score (nSPS) is 17.3. The van der Waals surface area contributed by atoms with Crippen molar-refractivity contribution < 1.29 is 13.2 Å². The monoisotopic (exact) mass is 264 g/mol. The summed E-state index contributed by atoms with van der Waals surface area (Å²) in [6.45, 7) is 1.70. The van der Waals surface area contributed by atoms with Gasteiger partial charge in [-0.05, 0) is 25.3 Å². The molecule has 0 bridgehead atoms. The lowest BCUT2D eigenvalue weighted by Gasteiger charge is -2.28. The fraction of sp³-hybridized carbons (Fsp3) is 0.545. The molecule has 1 fully saturated rings. The Hall–Kier alpha value is -0.970. The number of pyridine rings is 1. The molecule has 0 N–H and O–H groups in total. The lowest BCUT2D eigenvalue weighted by molar-refractivity contribution is -0.141. The standard InChI is InChI=1S/C11H12ClF3N2/c12-9-6-8(17-4-2-1-3-5-17)7-16-10(9)11(13,14)15/h6-7H,1-5H2. The van der Waals surface area contributed by atoms with Crippen molar-refractivity contribution in [3.8, 4) is 0 Å². The zero-order valence-electron chi connectivity index (χ0n) is 9.10. The molecule has 0 aromatic carbocycles. The van der Waals surface area contributed by atoms with Gasteiger partial charge in [-0.1, -0.05) is 11.6 Å². The maximum absolute atomic E-state index is 12.5. The maximum atomic E-state index is 12.5. The summed E-state index contributed by atoms with van der Waals surface area (Å²) in [6.07, 6.45) is 0.0348. The van der Waals surface area contributed by atoms with E-state index in [-0.39, 0.29) is 5.02 Å². The Morgan fingerprint density at radius 1 is 1.18 bits per heavy atom. The summed E-state index contributed by atoms with van der Waals surface area (Å²) in [5, 5.41) is -0.333. The summed E-state index contributed by atoms with van der Waals surface area (Å²) in [5.74, 6) is 0. The fourth-order valence-electron chi connectivity index (χ4n) is 1.96. The van der Waals surface area contributed by atoms with Crippen LogP contribution in [0.15, 0.2) is 12.3 Å². The summed E-state index contributed by atoms with van der Waals surface area (Å²) < 4.78 is 37.4. The highest BCUT2D eigenvalue weighted by molar-refractivity contribution is 6.31. The number of alkyl halides is 3.